The highest BCUT2D eigenvalue weighted by atomic mass is 32.2. The molecule has 0 unspecified atom stereocenters. The van der Waals surface area contributed by atoms with Gasteiger partial charge >= 0.3 is 0 Å². The number of rotatable bonds is 5. The van der Waals surface area contributed by atoms with Crippen molar-refractivity contribution in [2.24, 2.45) is 5.92 Å². The van der Waals surface area contributed by atoms with E-state index in [1.54, 1.807) is 17.0 Å². The number of nitrogens with zero attached hydrogens (tertiary/aromatic N) is 2. The van der Waals surface area contributed by atoms with E-state index in [0.29, 0.717) is 13.1 Å². The third-order valence-electron chi connectivity index (χ3n) is 5.66. The zero-order valence-corrected chi connectivity index (χ0v) is 17.0. The van der Waals surface area contributed by atoms with Gasteiger partial charge in [-0.2, -0.15) is 0 Å². The normalized spacial score (nSPS) is 20.6. The summed E-state index contributed by atoms with van der Waals surface area (Å²) in [6, 6.07) is 4.86. The van der Waals surface area contributed by atoms with Gasteiger partial charge < -0.3 is 10.2 Å². The molecule has 1 aliphatic heterocycles. The van der Waals surface area contributed by atoms with Crippen molar-refractivity contribution in [1.29, 1.82) is 0 Å². The van der Waals surface area contributed by atoms with Gasteiger partial charge in [-0.1, -0.05) is 19.3 Å². The maximum Gasteiger partial charge on any atom is 0.282 e. The van der Waals surface area contributed by atoms with Crippen LogP contribution in [-0.2, 0) is 4.79 Å². The zero-order chi connectivity index (χ0) is 20.1. The number of nitro groups is 1. The molecule has 1 saturated carbocycles. The standard InChI is InChI=1S/C20H27N3O4S/c1-28-16-9-10-18(23(26)27)17(12-16)20(25)22-11-5-6-14(13-22)19(24)21-15-7-3-2-4-8-15/h9-10,12,14-15H,2-8,11,13H2,1H3,(H,21,24)/t14-/m0/s1. The number of nitrogens with one attached hydrogen (secondary N) is 1. The highest BCUT2D eigenvalue weighted by molar-refractivity contribution is 7.98. The van der Waals surface area contributed by atoms with Crippen LogP contribution in [0.3, 0.4) is 0 Å². The second kappa shape index (κ2) is 9.41. The van der Waals surface area contributed by atoms with E-state index in [2.05, 4.69) is 5.32 Å². The van der Waals surface area contributed by atoms with E-state index in [1.165, 1.54) is 24.2 Å². The Balaban J connectivity index is 1.70. The molecule has 1 heterocycles. The molecule has 1 atom stereocenters. The molecule has 1 aromatic carbocycles. The maximum atomic E-state index is 13.0. The average molecular weight is 406 g/mol. The first kappa shape index (κ1) is 20.6. The first-order chi connectivity index (χ1) is 13.5. The van der Waals surface area contributed by atoms with E-state index < -0.39 is 4.92 Å². The highest BCUT2D eigenvalue weighted by Gasteiger charge is 2.32. The molecular formula is C20H27N3O4S. The Hall–Kier alpha value is -2.09. The number of nitro benzene ring substituents is 1. The molecule has 0 bridgehead atoms. The van der Waals surface area contributed by atoms with Gasteiger partial charge in [-0.15, -0.1) is 11.8 Å². The Morgan fingerprint density at radius 1 is 1.18 bits per heavy atom. The summed E-state index contributed by atoms with van der Waals surface area (Å²) >= 11 is 1.43. The van der Waals surface area contributed by atoms with Gasteiger partial charge in [-0.05, 0) is 44.1 Å². The Morgan fingerprint density at radius 3 is 2.61 bits per heavy atom. The number of piperidine rings is 1. The molecule has 2 fully saturated rings. The average Bonchev–Trinajstić information content (AvgIpc) is 2.73. The van der Waals surface area contributed by atoms with Gasteiger partial charge in [0.05, 0.1) is 10.8 Å². The fourth-order valence-electron chi connectivity index (χ4n) is 4.08. The number of likely N-dealkylation sites (tertiary alicyclic amines) is 1. The molecule has 0 aromatic heterocycles. The van der Waals surface area contributed by atoms with E-state index in [0.717, 1.165) is 43.4 Å². The van der Waals surface area contributed by atoms with Gasteiger partial charge in [-0.3, -0.25) is 19.7 Å². The fraction of sp³-hybridized carbons (Fsp3) is 0.600. The predicted octanol–water partition coefficient (Wildman–Crippen LogP) is 3.62. The Labute approximate surface area is 169 Å². The SMILES string of the molecule is CSc1ccc([N+](=O)[O-])c(C(=O)N2CCC[C@H](C(=O)NC3CCCCC3)C2)c1. The number of amides is 2. The lowest BCUT2D eigenvalue weighted by atomic mass is 9.92. The molecule has 1 N–H and O–H groups in total. The molecule has 7 nitrogen and oxygen atoms in total. The number of thioether (sulfide) groups is 1. The maximum absolute atomic E-state index is 13.0. The largest absolute Gasteiger partial charge is 0.353 e. The van der Waals surface area contributed by atoms with Crippen LogP contribution in [0.1, 0.15) is 55.3 Å². The molecule has 3 rings (SSSR count). The van der Waals surface area contributed by atoms with E-state index in [-0.39, 0.29) is 35.0 Å². The minimum Gasteiger partial charge on any atom is -0.353 e. The van der Waals surface area contributed by atoms with Crippen LogP contribution in [0, 0.1) is 16.0 Å². The van der Waals surface area contributed by atoms with Crippen molar-refractivity contribution in [3.05, 3.63) is 33.9 Å². The monoisotopic (exact) mass is 405 g/mol. The van der Waals surface area contributed by atoms with Gasteiger partial charge in [0.25, 0.3) is 11.6 Å². The molecular weight excluding hydrogens is 378 g/mol. The summed E-state index contributed by atoms with van der Waals surface area (Å²) in [7, 11) is 0. The number of hydrogen-bond acceptors (Lipinski definition) is 5. The second-order valence-corrected chi connectivity index (χ2v) is 8.45. The quantitative estimate of drug-likeness (QED) is 0.459. The minimum absolute atomic E-state index is 0.0109. The lowest BCUT2D eigenvalue weighted by Gasteiger charge is -2.33. The van der Waals surface area contributed by atoms with E-state index in [9.17, 15) is 19.7 Å². The van der Waals surface area contributed by atoms with E-state index in [1.807, 2.05) is 6.26 Å². The van der Waals surface area contributed by atoms with Crippen LogP contribution >= 0.6 is 11.8 Å². The molecule has 0 spiro atoms. The van der Waals surface area contributed by atoms with E-state index >= 15 is 0 Å². The number of hydrogen-bond donors (Lipinski definition) is 1. The summed E-state index contributed by atoms with van der Waals surface area (Å²) in [5.41, 5.74) is -0.0817. The van der Waals surface area contributed by atoms with Gasteiger partial charge in [0.15, 0.2) is 0 Å². The summed E-state index contributed by atoms with van der Waals surface area (Å²) in [4.78, 5) is 39.0. The summed E-state index contributed by atoms with van der Waals surface area (Å²) in [6.45, 7) is 0.838. The molecule has 0 radical (unpaired) electrons. The van der Waals surface area contributed by atoms with Crippen LogP contribution in [-0.4, -0.2) is 47.0 Å². The van der Waals surface area contributed by atoms with Crippen molar-refractivity contribution in [2.45, 2.75) is 55.9 Å². The molecule has 2 aliphatic rings. The second-order valence-electron chi connectivity index (χ2n) is 7.57. The predicted molar refractivity (Wildman–Crippen MR) is 109 cm³/mol. The third-order valence-corrected chi connectivity index (χ3v) is 6.39. The van der Waals surface area contributed by atoms with Crippen LogP contribution in [0.5, 0.6) is 0 Å². The first-order valence-corrected chi connectivity index (χ1v) is 11.1. The number of carbonyl (C=O) groups is 2. The minimum atomic E-state index is -0.519. The molecule has 1 aromatic rings. The molecule has 1 saturated heterocycles. The van der Waals surface area contributed by atoms with Gasteiger partial charge in [0, 0.05) is 30.1 Å². The summed E-state index contributed by atoms with van der Waals surface area (Å²) in [5, 5.41) is 14.5. The number of benzene rings is 1. The third kappa shape index (κ3) is 4.84. The number of carbonyl (C=O) groups excluding carboxylic acids is 2. The van der Waals surface area contributed by atoms with Crippen molar-refractivity contribution in [3.8, 4) is 0 Å². The molecule has 28 heavy (non-hydrogen) atoms. The van der Waals surface area contributed by atoms with Crippen molar-refractivity contribution in [1.82, 2.24) is 10.2 Å². The zero-order valence-electron chi connectivity index (χ0n) is 16.2. The summed E-state index contributed by atoms with van der Waals surface area (Å²) < 4.78 is 0. The fourth-order valence-corrected chi connectivity index (χ4v) is 4.52. The van der Waals surface area contributed by atoms with Gasteiger partial charge in [-0.25, -0.2) is 0 Å². The molecule has 1 aliphatic carbocycles. The van der Waals surface area contributed by atoms with Crippen molar-refractivity contribution in [2.75, 3.05) is 19.3 Å². The Kier molecular flexibility index (Phi) is 6.93. The Bertz CT molecular complexity index is 749. The van der Waals surface area contributed by atoms with Crippen molar-refractivity contribution < 1.29 is 14.5 Å². The summed E-state index contributed by atoms with van der Waals surface area (Å²) in [5.74, 6) is -0.600. The Morgan fingerprint density at radius 2 is 1.93 bits per heavy atom. The lowest BCUT2D eigenvalue weighted by molar-refractivity contribution is -0.385. The summed E-state index contributed by atoms with van der Waals surface area (Å²) in [6.07, 6.45) is 8.91. The molecule has 152 valence electrons. The lowest BCUT2D eigenvalue weighted by Crippen LogP contribution is -2.48. The topological polar surface area (TPSA) is 92.6 Å². The molecule has 8 heteroatoms. The van der Waals surface area contributed by atoms with Crippen molar-refractivity contribution in [3.63, 3.8) is 0 Å². The van der Waals surface area contributed by atoms with Crippen LogP contribution in [0.2, 0.25) is 0 Å². The van der Waals surface area contributed by atoms with Gasteiger partial charge in [0.1, 0.15) is 5.56 Å². The van der Waals surface area contributed by atoms with Gasteiger partial charge in [0.2, 0.25) is 5.91 Å². The smallest absolute Gasteiger partial charge is 0.282 e. The van der Waals surface area contributed by atoms with Crippen LogP contribution in [0.25, 0.3) is 0 Å². The van der Waals surface area contributed by atoms with Crippen molar-refractivity contribution >= 4 is 29.3 Å². The van der Waals surface area contributed by atoms with E-state index in [4.69, 9.17) is 0 Å². The first-order valence-electron chi connectivity index (χ1n) is 9.91. The molecule has 2 amide bonds. The van der Waals surface area contributed by atoms with Crippen LogP contribution in [0.15, 0.2) is 23.1 Å². The van der Waals surface area contributed by atoms with Crippen LogP contribution < -0.4 is 5.32 Å². The highest BCUT2D eigenvalue weighted by Crippen LogP contribution is 2.28. The van der Waals surface area contributed by atoms with Crippen LogP contribution in [0.4, 0.5) is 5.69 Å².